The SMILES string of the molecule is C=CCC(F)/C=C(\C)F. The highest BCUT2D eigenvalue weighted by atomic mass is 19.1. The molecule has 0 fully saturated rings. The molecular weight excluding hydrogens is 122 g/mol. The fourth-order valence-electron chi connectivity index (χ4n) is 0.476. The Kier molecular flexibility index (Phi) is 3.93. The van der Waals surface area contributed by atoms with E-state index in [0.29, 0.717) is 0 Å². The molecule has 9 heavy (non-hydrogen) atoms. The maximum Gasteiger partial charge on any atom is 0.124 e. The standard InChI is InChI=1S/C7H10F2/c1-3-4-7(9)5-6(2)8/h3,5,7H,1,4H2,2H3/b6-5+. The third-order valence-corrected chi connectivity index (χ3v) is 0.802. The highest BCUT2D eigenvalue weighted by molar-refractivity contribution is 4.95. The van der Waals surface area contributed by atoms with Crippen molar-refractivity contribution in [2.75, 3.05) is 0 Å². The summed E-state index contributed by atoms with van der Waals surface area (Å²) in [5.41, 5.74) is 0. The van der Waals surface area contributed by atoms with Crippen molar-refractivity contribution in [3.63, 3.8) is 0 Å². The van der Waals surface area contributed by atoms with E-state index in [9.17, 15) is 8.78 Å². The van der Waals surface area contributed by atoms with E-state index in [1.807, 2.05) is 0 Å². The monoisotopic (exact) mass is 132 g/mol. The van der Waals surface area contributed by atoms with Crippen LogP contribution in [0.1, 0.15) is 13.3 Å². The second kappa shape index (κ2) is 4.24. The van der Waals surface area contributed by atoms with Gasteiger partial charge < -0.3 is 0 Å². The van der Waals surface area contributed by atoms with E-state index >= 15 is 0 Å². The topological polar surface area (TPSA) is 0 Å². The van der Waals surface area contributed by atoms with E-state index in [0.717, 1.165) is 6.08 Å². The molecule has 0 aromatic heterocycles. The number of rotatable bonds is 3. The Labute approximate surface area is 53.9 Å². The molecule has 0 aromatic rings. The summed E-state index contributed by atoms with van der Waals surface area (Å²) in [5, 5.41) is 0. The van der Waals surface area contributed by atoms with Crippen LogP contribution in [-0.4, -0.2) is 6.17 Å². The predicted octanol–water partition coefficient (Wildman–Crippen LogP) is 2.77. The van der Waals surface area contributed by atoms with Crippen molar-refractivity contribution in [1.29, 1.82) is 0 Å². The fraction of sp³-hybridized carbons (Fsp3) is 0.429. The first-order chi connectivity index (χ1) is 4.16. The van der Waals surface area contributed by atoms with Gasteiger partial charge in [0.25, 0.3) is 0 Å². The molecule has 0 radical (unpaired) electrons. The molecule has 0 saturated heterocycles. The Bertz CT molecular complexity index is 112. The molecule has 1 atom stereocenters. The van der Waals surface area contributed by atoms with Gasteiger partial charge in [0, 0.05) is 6.42 Å². The van der Waals surface area contributed by atoms with Crippen molar-refractivity contribution in [2.45, 2.75) is 19.5 Å². The van der Waals surface area contributed by atoms with Gasteiger partial charge in [-0.1, -0.05) is 6.08 Å². The van der Waals surface area contributed by atoms with Gasteiger partial charge >= 0.3 is 0 Å². The first-order valence-electron chi connectivity index (χ1n) is 2.75. The number of halogens is 2. The van der Waals surface area contributed by atoms with E-state index < -0.39 is 12.0 Å². The van der Waals surface area contributed by atoms with E-state index in [1.165, 1.54) is 13.0 Å². The van der Waals surface area contributed by atoms with Crippen LogP contribution in [0.2, 0.25) is 0 Å². The smallest absolute Gasteiger partial charge is 0.124 e. The Morgan fingerprint density at radius 3 is 2.67 bits per heavy atom. The molecule has 1 unspecified atom stereocenters. The van der Waals surface area contributed by atoms with Gasteiger partial charge in [-0.05, 0) is 13.0 Å². The van der Waals surface area contributed by atoms with Gasteiger partial charge in [-0.2, -0.15) is 0 Å². The van der Waals surface area contributed by atoms with Gasteiger partial charge in [0.15, 0.2) is 0 Å². The van der Waals surface area contributed by atoms with E-state index in [4.69, 9.17) is 0 Å². The zero-order valence-corrected chi connectivity index (χ0v) is 5.40. The molecule has 0 spiro atoms. The number of allylic oxidation sites excluding steroid dienone is 3. The first-order valence-corrected chi connectivity index (χ1v) is 2.75. The van der Waals surface area contributed by atoms with Crippen LogP contribution in [0, 0.1) is 0 Å². The van der Waals surface area contributed by atoms with Gasteiger partial charge in [0.05, 0.1) is 5.83 Å². The van der Waals surface area contributed by atoms with Gasteiger partial charge in [-0.15, -0.1) is 6.58 Å². The van der Waals surface area contributed by atoms with Gasteiger partial charge in [0.1, 0.15) is 6.17 Å². The van der Waals surface area contributed by atoms with E-state index in [1.54, 1.807) is 0 Å². The highest BCUT2D eigenvalue weighted by Crippen LogP contribution is 2.04. The molecule has 0 bridgehead atoms. The number of hydrogen-bond acceptors (Lipinski definition) is 0. The average molecular weight is 132 g/mol. The maximum atomic E-state index is 12.3. The molecule has 0 nitrogen and oxygen atoms in total. The molecule has 52 valence electrons. The summed E-state index contributed by atoms with van der Waals surface area (Å²) in [5.74, 6) is -0.482. The first kappa shape index (κ1) is 8.34. The average Bonchev–Trinajstić information content (AvgIpc) is 1.63. The second-order valence-electron chi connectivity index (χ2n) is 1.79. The number of hydrogen-bond donors (Lipinski definition) is 0. The summed E-state index contributed by atoms with van der Waals surface area (Å²) in [7, 11) is 0. The van der Waals surface area contributed by atoms with Crippen molar-refractivity contribution in [3.8, 4) is 0 Å². The molecule has 0 heterocycles. The minimum Gasteiger partial charge on any atom is -0.243 e. The van der Waals surface area contributed by atoms with Crippen molar-refractivity contribution in [1.82, 2.24) is 0 Å². The van der Waals surface area contributed by atoms with Crippen LogP contribution < -0.4 is 0 Å². The Morgan fingerprint density at radius 2 is 2.33 bits per heavy atom. The third-order valence-electron chi connectivity index (χ3n) is 0.802. The summed E-state index contributed by atoms with van der Waals surface area (Å²) in [6.45, 7) is 4.53. The van der Waals surface area contributed by atoms with Gasteiger partial charge in [-0.3, -0.25) is 0 Å². The van der Waals surface area contributed by atoms with Crippen molar-refractivity contribution < 1.29 is 8.78 Å². The summed E-state index contributed by atoms with van der Waals surface area (Å²) < 4.78 is 24.1. The van der Waals surface area contributed by atoms with Crippen LogP contribution in [0.25, 0.3) is 0 Å². The van der Waals surface area contributed by atoms with Gasteiger partial charge in [-0.25, -0.2) is 8.78 Å². The molecule has 0 aliphatic heterocycles. The molecule has 0 rings (SSSR count). The number of alkyl halides is 1. The molecule has 0 saturated carbocycles. The summed E-state index contributed by atoms with van der Waals surface area (Å²) >= 11 is 0. The Balaban J connectivity index is 3.61. The Morgan fingerprint density at radius 1 is 1.78 bits per heavy atom. The minimum absolute atomic E-state index is 0.182. The van der Waals surface area contributed by atoms with E-state index in [-0.39, 0.29) is 6.42 Å². The van der Waals surface area contributed by atoms with Crippen LogP contribution in [0.15, 0.2) is 24.6 Å². The molecule has 0 aromatic carbocycles. The van der Waals surface area contributed by atoms with Gasteiger partial charge in [0.2, 0.25) is 0 Å². The second-order valence-corrected chi connectivity index (χ2v) is 1.79. The lowest BCUT2D eigenvalue weighted by Gasteiger charge is -1.94. The summed E-state index contributed by atoms with van der Waals surface area (Å²) in [6.07, 6.45) is 1.32. The summed E-state index contributed by atoms with van der Waals surface area (Å²) in [6, 6.07) is 0. The molecule has 0 N–H and O–H groups in total. The normalized spacial score (nSPS) is 15.2. The van der Waals surface area contributed by atoms with Crippen molar-refractivity contribution in [2.24, 2.45) is 0 Å². The van der Waals surface area contributed by atoms with Crippen LogP contribution >= 0.6 is 0 Å². The lowest BCUT2D eigenvalue weighted by atomic mass is 10.2. The van der Waals surface area contributed by atoms with Crippen LogP contribution in [0.3, 0.4) is 0 Å². The lowest BCUT2D eigenvalue weighted by molar-refractivity contribution is 0.396. The molecular formula is C7H10F2. The molecule has 0 aliphatic carbocycles. The Hall–Kier alpha value is -0.660. The third kappa shape index (κ3) is 5.21. The van der Waals surface area contributed by atoms with Crippen molar-refractivity contribution >= 4 is 0 Å². The highest BCUT2D eigenvalue weighted by Gasteiger charge is 1.98. The maximum absolute atomic E-state index is 12.3. The summed E-state index contributed by atoms with van der Waals surface area (Å²) in [4.78, 5) is 0. The fourth-order valence-corrected chi connectivity index (χ4v) is 0.476. The van der Waals surface area contributed by atoms with Crippen LogP contribution in [0.5, 0.6) is 0 Å². The quantitative estimate of drug-likeness (QED) is 0.518. The van der Waals surface area contributed by atoms with Crippen LogP contribution in [0.4, 0.5) is 8.78 Å². The lowest BCUT2D eigenvalue weighted by Crippen LogP contribution is -1.91. The minimum atomic E-state index is -1.22. The largest absolute Gasteiger partial charge is 0.243 e. The molecule has 0 aliphatic rings. The van der Waals surface area contributed by atoms with E-state index in [2.05, 4.69) is 6.58 Å². The molecule has 0 amide bonds. The predicted molar refractivity (Wildman–Crippen MR) is 34.6 cm³/mol. The zero-order valence-electron chi connectivity index (χ0n) is 5.40. The molecule has 2 heteroatoms. The zero-order chi connectivity index (χ0) is 7.28. The van der Waals surface area contributed by atoms with Crippen LogP contribution in [-0.2, 0) is 0 Å². The van der Waals surface area contributed by atoms with Crippen molar-refractivity contribution in [3.05, 3.63) is 24.6 Å².